The lowest BCUT2D eigenvalue weighted by molar-refractivity contribution is 0.0945. The van der Waals surface area contributed by atoms with E-state index in [1.54, 1.807) is 24.3 Å². The summed E-state index contributed by atoms with van der Waals surface area (Å²) in [5.41, 5.74) is 6.06. The summed E-state index contributed by atoms with van der Waals surface area (Å²) in [5.74, 6) is -0.484. The van der Waals surface area contributed by atoms with Gasteiger partial charge < -0.3 is 0 Å². The predicted molar refractivity (Wildman–Crippen MR) is 92.1 cm³/mol. The highest BCUT2D eigenvalue weighted by Gasteiger charge is 2.19. The largest absolute Gasteiger partial charge is 0.273 e. The highest BCUT2D eigenvalue weighted by Crippen LogP contribution is 2.24. The highest BCUT2D eigenvalue weighted by molar-refractivity contribution is 7.89. The van der Waals surface area contributed by atoms with Gasteiger partial charge in [-0.1, -0.05) is 25.1 Å². The van der Waals surface area contributed by atoms with E-state index in [1.807, 2.05) is 25.1 Å². The molecule has 1 aliphatic carbocycles. The van der Waals surface area contributed by atoms with E-state index in [9.17, 15) is 13.2 Å². The van der Waals surface area contributed by atoms with E-state index >= 15 is 0 Å². The summed E-state index contributed by atoms with van der Waals surface area (Å²) in [6.07, 6.45) is 3.83. The van der Waals surface area contributed by atoms with Crippen LogP contribution >= 0.6 is 0 Å². The number of carbonyl (C=O) groups excluding carboxylic acids is 1. The van der Waals surface area contributed by atoms with Gasteiger partial charge in [-0.25, -0.2) is 8.42 Å². The van der Waals surface area contributed by atoms with Gasteiger partial charge in [0.15, 0.2) is 0 Å². The van der Waals surface area contributed by atoms with Crippen LogP contribution in [0, 0.1) is 0 Å². The third-order valence-electron chi connectivity index (χ3n) is 4.30. The molecule has 1 aliphatic rings. The average Bonchev–Trinajstić information content (AvgIpc) is 3.07. The van der Waals surface area contributed by atoms with Gasteiger partial charge in [-0.15, -0.1) is 4.83 Å². The zero-order chi connectivity index (χ0) is 17.2. The summed E-state index contributed by atoms with van der Waals surface area (Å²) in [6, 6.07) is 12.2. The van der Waals surface area contributed by atoms with Crippen molar-refractivity contribution in [2.24, 2.45) is 0 Å². The van der Waals surface area contributed by atoms with E-state index in [0.29, 0.717) is 5.56 Å². The first-order chi connectivity index (χ1) is 11.5. The maximum atomic E-state index is 12.3. The Labute approximate surface area is 142 Å². The molecule has 6 heteroatoms. The van der Waals surface area contributed by atoms with Crippen LogP contribution in [0.25, 0.3) is 0 Å². The first-order valence-corrected chi connectivity index (χ1v) is 9.51. The van der Waals surface area contributed by atoms with Crippen LogP contribution in [-0.2, 0) is 29.3 Å². The van der Waals surface area contributed by atoms with Gasteiger partial charge in [0.2, 0.25) is 0 Å². The van der Waals surface area contributed by atoms with Gasteiger partial charge in [-0.3, -0.25) is 10.2 Å². The number of amides is 1. The van der Waals surface area contributed by atoms with Gasteiger partial charge >= 0.3 is 0 Å². The third kappa shape index (κ3) is 3.49. The molecule has 1 amide bonds. The van der Waals surface area contributed by atoms with Crippen LogP contribution in [0.15, 0.2) is 47.4 Å². The summed E-state index contributed by atoms with van der Waals surface area (Å²) in [7, 11) is -3.78. The Kier molecular flexibility index (Phi) is 4.69. The van der Waals surface area contributed by atoms with Crippen molar-refractivity contribution in [3.63, 3.8) is 0 Å². The number of hydrogen-bond donors (Lipinski definition) is 2. The van der Waals surface area contributed by atoms with Gasteiger partial charge in [-0.2, -0.15) is 0 Å². The summed E-state index contributed by atoms with van der Waals surface area (Å²) in [4.78, 5) is 14.4. The van der Waals surface area contributed by atoms with Gasteiger partial charge in [0, 0.05) is 5.56 Å². The Hall–Kier alpha value is -2.18. The Morgan fingerprint density at radius 2 is 1.75 bits per heavy atom. The summed E-state index contributed by atoms with van der Waals surface area (Å²) in [6.45, 7) is 2.03. The second kappa shape index (κ2) is 6.75. The number of sulfonamides is 1. The van der Waals surface area contributed by atoms with E-state index in [-0.39, 0.29) is 4.90 Å². The normalized spacial score (nSPS) is 13.5. The molecule has 0 radical (unpaired) electrons. The monoisotopic (exact) mass is 344 g/mol. The molecule has 2 aromatic rings. The van der Waals surface area contributed by atoms with E-state index < -0.39 is 15.9 Å². The quantitative estimate of drug-likeness (QED) is 0.818. The highest BCUT2D eigenvalue weighted by atomic mass is 32.2. The number of nitrogens with one attached hydrogen (secondary N) is 2. The fourth-order valence-corrected chi connectivity index (χ4v) is 3.74. The number of rotatable bonds is 5. The lowest BCUT2D eigenvalue weighted by Crippen LogP contribution is -2.41. The van der Waals surface area contributed by atoms with Gasteiger partial charge in [0.1, 0.15) is 0 Å². The summed E-state index contributed by atoms with van der Waals surface area (Å²) < 4.78 is 24.7. The van der Waals surface area contributed by atoms with Gasteiger partial charge in [0.25, 0.3) is 15.9 Å². The third-order valence-corrected chi connectivity index (χ3v) is 5.55. The maximum Gasteiger partial charge on any atom is 0.266 e. The lowest BCUT2D eigenvalue weighted by Gasteiger charge is -2.10. The number of hydrogen-bond acceptors (Lipinski definition) is 3. The molecule has 2 aromatic carbocycles. The van der Waals surface area contributed by atoms with Crippen LogP contribution in [0.3, 0.4) is 0 Å². The van der Waals surface area contributed by atoms with Crippen molar-refractivity contribution in [2.75, 3.05) is 0 Å². The van der Waals surface area contributed by atoms with Crippen LogP contribution in [0.2, 0.25) is 0 Å². The molecule has 3 rings (SSSR count). The van der Waals surface area contributed by atoms with Crippen molar-refractivity contribution in [3.8, 4) is 0 Å². The van der Waals surface area contributed by atoms with Crippen LogP contribution in [-0.4, -0.2) is 14.3 Å². The minimum atomic E-state index is -3.78. The molecule has 0 saturated carbocycles. The molecule has 0 fully saturated rings. The van der Waals surface area contributed by atoms with E-state index in [1.165, 1.54) is 5.56 Å². The molecule has 2 N–H and O–H groups in total. The van der Waals surface area contributed by atoms with E-state index in [4.69, 9.17) is 0 Å². The summed E-state index contributed by atoms with van der Waals surface area (Å²) >= 11 is 0. The number of carbonyl (C=O) groups is 1. The molecule has 0 saturated heterocycles. The molecule has 24 heavy (non-hydrogen) atoms. The number of fused-ring (bicyclic) bond motifs is 1. The second-order valence-electron chi connectivity index (χ2n) is 5.89. The Morgan fingerprint density at radius 3 is 2.46 bits per heavy atom. The van der Waals surface area contributed by atoms with Crippen LogP contribution in [0.4, 0.5) is 0 Å². The smallest absolute Gasteiger partial charge is 0.266 e. The van der Waals surface area contributed by atoms with Crippen molar-refractivity contribution >= 4 is 15.9 Å². The van der Waals surface area contributed by atoms with Crippen LogP contribution in [0.1, 0.15) is 40.4 Å². The predicted octanol–water partition coefficient (Wildman–Crippen LogP) is 2.36. The van der Waals surface area contributed by atoms with Crippen LogP contribution < -0.4 is 10.3 Å². The Bertz CT molecular complexity index is 858. The van der Waals surface area contributed by atoms with E-state index in [2.05, 4.69) is 10.3 Å². The molecule has 126 valence electrons. The number of hydrazine groups is 1. The van der Waals surface area contributed by atoms with Gasteiger partial charge in [-0.05, 0) is 66.6 Å². The Balaban J connectivity index is 1.69. The zero-order valence-electron chi connectivity index (χ0n) is 13.5. The molecular formula is C18H20N2O3S. The van der Waals surface area contributed by atoms with Gasteiger partial charge in [0.05, 0.1) is 4.90 Å². The molecule has 0 aromatic heterocycles. The van der Waals surface area contributed by atoms with Crippen molar-refractivity contribution in [2.45, 2.75) is 37.5 Å². The minimum Gasteiger partial charge on any atom is -0.273 e. The lowest BCUT2D eigenvalue weighted by atomic mass is 10.1. The SMILES string of the molecule is CCc1ccc(C(=O)NNS(=O)(=O)c2ccc3c(c2)CCC3)cc1. The molecule has 0 unspecified atom stereocenters. The molecular weight excluding hydrogens is 324 g/mol. The second-order valence-corrected chi connectivity index (χ2v) is 7.58. The zero-order valence-corrected chi connectivity index (χ0v) is 14.3. The standard InChI is InChI=1S/C18H20N2O3S/c1-2-13-6-8-15(9-7-13)18(21)19-20-24(22,23)17-11-10-14-4-3-5-16(14)12-17/h6-12,20H,2-5H2,1H3,(H,19,21). The molecule has 0 bridgehead atoms. The first kappa shape index (κ1) is 16.7. The molecule has 0 heterocycles. The summed E-state index contributed by atoms with van der Waals surface area (Å²) in [5, 5.41) is 0. The molecule has 5 nitrogen and oxygen atoms in total. The van der Waals surface area contributed by atoms with Crippen molar-refractivity contribution < 1.29 is 13.2 Å². The fourth-order valence-electron chi connectivity index (χ4n) is 2.85. The molecule has 0 spiro atoms. The Morgan fingerprint density at radius 1 is 1.04 bits per heavy atom. The van der Waals surface area contributed by atoms with Crippen molar-refractivity contribution in [1.82, 2.24) is 10.3 Å². The fraction of sp³-hybridized carbons (Fsp3) is 0.278. The number of aryl methyl sites for hydroxylation is 3. The minimum absolute atomic E-state index is 0.171. The van der Waals surface area contributed by atoms with Crippen LogP contribution in [0.5, 0.6) is 0 Å². The molecule has 0 atom stereocenters. The topological polar surface area (TPSA) is 75.3 Å². The first-order valence-electron chi connectivity index (χ1n) is 8.02. The molecule has 0 aliphatic heterocycles. The average molecular weight is 344 g/mol. The van der Waals surface area contributed by atoms with E-state index in [0.717, 1.165) is 36.8 Å². The van der Waals surface area contributed by atoms with Crippen molar-refractivity contribution in [1.29, 1.82) is 0 Å². The number of benzene rings is 2. The van der Waals surface area contributed by atoms with Crippen molar-refractivity contribution in [3.05, 3.63) is 64.7 Å². The maximum absolute atomic E-state index is 12.3.